The topological polar surface area (TPSA) is 38.0 Å². The highest BCUT2D eigenvalue weighted by Crippen LogP contribution is 2.30. The second-order valence-corrected chi connectivity index (χ2v) is 2.92. The fraction of sp³-hybridized carbons (Fsp3) is 0.143. The van der Waals surface area contributed by atoms with Crippen molar-refractivity contribution in [3.63, 3.8) is 0 Å². The summed E-state index contributed by atoms with van der Waals surface area (Å²) in [7, 11) is 1.77. The Morgan fingerprint density at radius 1 is 1.27 bits per heavy atom. The van der Waals surface area contributed by atoms with Crippen molar-refractivity contribution in [1.29, 1.82) is 0 Å². The Bertz CT molecular complexity index is 273. The Kier molecular flexibility index (Phi) is 2.47. The molecule has 0 bridgehead atoms. The minimum Gasteiger partial charge on any atom is -0.397 e. The molecule has 0 aliphatic rings. The van der Waals surface area contributed by atoms with E-state index in [4.69, 9.17) is 28.9 Å². The fourth-order valence-electron chi connectivity index (χ4n) is 0.754. The van der Waals surface area contributed by atoms with E-state index >= 15 is 0 Å². The molecule has 0 saturated heterocycles. The molecule has 1 aromatic carbocycles. The Labute approximate surface area is 75.3 Å². The van der Waals surface area contributed by atoms with Crippen LogP contribution < -0.4 is 11.1 Å². The van der Waals surface area contributed by atoms with Gasteiger partial charge in [0.2, 0.25) is 0 Å². The van der Waals surface area contributed by atoms with Gasteiger partial charge in [-0.05, 0) is 12.1 Å². The molecule has 0 spiro atoms. The maximum atomic E-state index is 5.80. The first kappa shape index (κ1) is 8.50. The molecule has 4 heteroatoms. The van der Waals surface area contributed by atoms with Gasteiger partial charge in [-0.25, -0.2) is 0 Å². The van der Waals surface area contributed by atoms with Gasteiger partial charge in [-0.2, -0.15) is 0 Å². The molecule has 0 amide bonds. The highest BCUT2D eigenvalue weighted by molar-refractivity contribution is 6.37. The number of nitrogen functional groups attached to an aromatic ring is 1. The third-order valence-corrected chi connectivity index (χ3v) is 2.00. The molecule has 0 aliphatic carbocycles. The van der Waals surface area contributed by atoms with E-state index < -0.39 is 0 Å². The summed E-state index contributed by atoms with van der Waals surface area (Å²) in [6.07, 6.45) is 0. The molecule has 0 atom stereocenters. The number of hydrogen-bond acceptors (Lipinski definition) is 2. The Balaban J connectivity index is 3.21. The van der Waals surface area contributed by atoms with E-state index in [0.717, 1.165) is 5.69 Å². The minimum atomic E-state index is 0.496. The maximum absolute atomic E-state index is 5.80. The molecule has 2 nitrogen and oxygen atoms in total. The van der Waals surface area contributed by atoms with Crippen LogP contribution in [-0.2, 0) is 0 Å². The standard InChI is InChI=1S/C7H8Cl2N2/c1-11-7-3-4(8)6(10)2-5(7)9/h2-3,11H,10H2,1H3. The zero-order valence-corrected chi connectivity index (χ0v) is 7.50. The minimum absolute atomic E-state index is 0.496. The SMILES string of the molecule is CNc1cc(Cl)c(N)cc1Cl. The molecule has 0 aromatic heterocycles. The molecule has 1 aromatic rings. The second-order valence-electron chi connectivity index (χ2n) is 2.10. The van der Waals surface area contributed by atoms with Gasteiger partial charge in [0.05, 0.1) is 21.4 Å². The van der Waals surface area contributed by atoms with Crippen LogP contribution in [0.25, 0.3) is 0 Å². The highest BCUT2D eigenvalue weighted by Gasteiger charge is 2.02. The average Bonchev–Trinajstić information content (AvgIpc) is 1.97. The van der Waals surface area contributed by atoms with E-state index in [-0.39, 0.29) is 0 Å². The van der Waals surface area contributed by atoms with Gasteiger partial charge in [0.1, 0.15) is 0 Å². The van der Waals surface area contributed by atoms with Crippen LogP contribution >= 0.6 is 23.2 Å². The van der Waals surface area contributed by atoms with Gasteiger partial charge in [0, 0.05) is 7.05 Å². The largest absolute Gasteiger partial charge is 0.397 e. The summed E-state index contributed by atoms with van der Waals surface area (Å²) in [5, 5.41) is 3.98. The van der Waals surface area contributed by atoms with Crippen molar-refractivity contribution in [2.24, 2.45) is 0 Å². The first-order valence-corrected chi connectivity index (χ1v) is 3.83. The lowest BCUT2D eigenvalue weighted by molar-refractivity contribution is 1.51. The fourth-order valence-corrected chi connectivity index (χ4v) is 1.18. The lowest BCUT2D eigenvalue weighted by atomic mass is 10.3. The van der Waals surface area contributed by atoms with E-state index in [2.05, 4.69) is 5.32 Å². The first-order valence-electron chi connectivity index (χ1n) is 3.07. The van der Waals surface area contributed by atoms with Gasteiger partial charge < -0.3 is 11.1 Å². The van der Waals surface area contributed by atoms with Crippen LogP contribution in [0.2, 0.25) is 10.0 Å². The van der Waals surface area contributed by atoms with Gasteiger partial charge in [0.25, 0.3) is 0 Å². The van der Waals surface area contributed by atoms with Crippen molar-refractivity contribution in [3.05, 3.63) is 22.2 Å². The summed E-state index contributed by atoms with van der Waals surface area (Å²) >= 11 is 11.5. The molecule has 3 N–H and O–H groups in total. The molecular formula is C7H8Cl2N2. The van der Waals surface area contributed by atoms with Crippen LogP contribution in [0.15, 0.2) is 12.1 Å². The number of nitrogens with one attached hydrogen (secondary N) is 1. The predicted molar refractivity (Wildman–Crippen MR) is 50.4 cm³/mol. The lowest BCUT2D eigenvalue weighted by Gasteiger charge is -2.05. The monoisotopic (exact) mass is 190 g/mol. The van der Waals surface area contributed by atoms with Gasteiger partial charge in [-0.15, -0.1) is 0 Å². The summed E-state index contributed by atoms with van der Waals surface area (Å²) in [5.41, 5.74) is 6.78. The van der Waals surface area contributed by atoms with E-state index in [1.165, 1.54) is 0 Å². The number of rotatable bonds is 1. The van der Waals surface area contributed by atoms with Crippen molar-refractivity contribution in [2.75, 3.05) is 18.1 Å². The molecule has 0 radical (unpaired) electrons. The van der Waals surface area contributed by atoms with Gasteiger partial charge in [-0.1, -0.05) is 23.2 Å². The third-order valence-electron chi connectivity index (χ3n) is 1.36. The van der Waals surface area contributed by atoms with Crippen LogP contribution in [0.1, 0.15) is 0 Å². The van der Waals surface area contributed by atoms with E-state index in [0.29, 0.717) is 15.7 Å². The summed E-state index contributed by atoms with van der Waals surface area (Å²) in [5.74, 6) is 0. The number of hydrogen-bond donors (Lipinski definition) is 2. The van der Waals surface area contributed by atoms with Gasteiger partial charge in [0.15, 0.2) is 0 Å². The Hall–Kier alpha value is -0.600. The van der Waals surface area contributed by atoms with Crippen molar-refractivity contribution >= 4 is 34.6 Å². The molecule has 1 rings (SSSR count). The van der Waals surface area contributed by atoms with Crippen LogP contribution in [-0.4, -0.2) is 7.05 Å². The average molecular weight is 191 g/mol. The lowest BCUT2D eigenvalue weighted by Crippen LogP contribution is -1.92. The van der Waals surface area contributed by atoms with Crippen LogP contribution in [0.4, 0.5) is 11.4 Å². The summed E-state index contributed by atoms with van der Waals surface area (Å²) < 4.78 is 0. The normalized spacial score (nSPS) is 9.73. The Morgan fingerprint density at radius 2 is 1.91 bits per heavy atom. The second kappa shape index (κ2) is 3.20. The third kappa shape index (κ3) is 1.70. The van der Waals surface area contributed by atoms with Gasteiger partial charge >= 0.3 is 0 Å². The van der Waals surface area contributed by atoms with Crippen molar-refractivity contribution in [3.8, 4) is 0 Å². The predicted octanol–water partition coefficient (Wildman–Crippen LogP) is 2.62. The zero-order valence-electron chi connectivity index (χ0n) is 5.99. The Morgan fingerprint density at radius 3 is 2.45 bits per heavy atom. The van der Waals surface area contributed by atoms with E-state index in [1.54, 1.807) is 19.2 Å². The van der Waals surface area contributed by atoms with Crippen molar-refractivity contribution in [1.82, 2.24) is 0 Å². The van der Waals surface area contributed by atoms with Gasteiger partial charge in [-0.3, -0.25) is 0 Å². The highest BCUT2D eigenvalue weighted by atomic mass is 35.5. The van der Waals surface area contributed by atoms with E-state index in [1.807, 2.05) is 0 Å². The number of nitrogens with two attached hydrogens (primary N) is 1. The van der Waals surface area contributed by atoms with Crippen LogP contribution in [0.5, 0.6) is 0 Å². The molecule has 0 saturated carbocycles. The molecule has 60 valence electrons. The van der Waals surface area contributed by atoms with Crippen LogP contribution in [0, 0.1) is 0 Å². The molecular weight excluding hydrogens is 183 g/mol. The first-order chi connectivity index (χ1) is 5.15. The maximum Gasteiger partial charge on any atom is 0.0658 e. The molecule has 11 heavy (non-hydrogen) atoms. The van der Waals surface area contributed by atoms with Crippen molar-refractivity contribution in [2.45, 2.75) is 0 Å². The number of anilines is 2. The van der Waals surface area contributed by atoms with Crippen LogP contribution in [0.3, 0.4) is 0 Å². The molecule has 0 fully saturated rings. The molecule has 0 aliphatic heterocycles. The van der Waals surface area contributed by atoms with E-state index in [9.17, 15) is 0 Å². The molecule has 0 unspecified atom stereocenters. The zero-order chi connectivity index (χ0) is 8.43. The smallest absolute Gasteiger partial charge is 0.0658 e. The quantitative estimate of drug-likeness (QED) is 0.669. The molecule has 0 heterocycles. The number of halogens is 2. The summed E-state index contributed by atoms with van der Waals surface area (Å²) in [6, 6.07) is 3.31. The van der Waals surface area contributed by atoms with Crippen molar-refractivity contribution < 1.29 is 0 Å². The summed E-state index contributed by atoms with van der Waals surface area (Å²) in [4.78, 5) is 0. The number of benzene rings is 1. The summed E-state index contributed by atoms with van der Waals surface area (Å²) in [6.45, 7) is 0.